The van der Waals surface area contributed by atoms with Crippen LogP contribution in [0.5, 0.6) is 11.9 Å². The zero-order chi connectivity index (χ0) is 36.2. The van der Waals surface area contributed by atoms with E-state index in [4.69, 9.17) is 36.5 Å². The van der Waals surface area contributed by atoms with Crippen LogP contribution in [0.1, 0.15) is 58.4 Å². The van der Waals surface area contributed by atoms with E-state index in [9.17, 15) is 22.4 Å². The number of hydrogen-bond acceptors (Lipinski definition) is 10. The molecule has 7 heterocycles. The molecule has 1 amide bonds. The zero-order valence-corrected chi connectivity index (χ0v) is 29.0. The Labute approximate surface area is 295 Å². The predicted octanol–water partition coefficient (Wildman–Crippen LogP) is 6.39. The number of ether oxygens (including phenoxy) is 3. The van der Waals surface area contributed by atoms with Gasteiger partial charge in [0.15, 0.2) is 5.82 Å². The van der Waals surface area contributed by atoms with Crippen molar-refractivity contribution in [3.8, 4) is 23.1 Å². The van der Waals surface area contributed by atoms with E-state index in [2.05, 4.69) is 9.97 Å². The van der Waals surface area contributed by atoms with Gasteiger partial charge in [-0.1, -0.05) is 11.6 Å². The van der Waals surface area contributed by atoms with E-state index in [1.807, 2.05) is 9.80 Å². The normalized spacial score (nSPS) is 27.3. The summed E-state index contributed by atoms with van der Waals surface area (Å²) in [6, 6.07) is 0.488. The molecule has 2 N–H and O–H groups in total. The Hall–Kier alpha value is -3.92. The number of piperazine rings is 1. The van der Waals surface area contributed by atoms with E-state index in [0.717, 1.165) is 18.6 Å². The molecule has 0 saturated carbocycles. The monoisotopic (exact) mass is 737 g/mol. The van der Waals surface area contributed by atoms with Crippen LogP contribution in [0.25, 0.3) is 22.2 Å². The summed E-state index contributed by atoms with van der Waals surface area (Å²) in [4.78, 5) is 32.6. The first kappa shape index (κ1) is 34.2. The van der Waals surface area contributed by atoms with Gasteiger partial charge in [-0.05, 0) is 65.1 Å². The van der Waals surface area contributed by atoms with Crippen LogP contribution in [0.15, 0.2) is 12.1 Å². The van der Waals surface area contributed by atoms with Gasteiger partial charge in [-0.15, -0.1) is 0 Å². The first-order valence-electron chi connectivity index (χ1n) is 17.0. The Morgan fingerprint density at radius 1 is 1.14 bits per heavy atom. The van der Waals surface area contributed by atoms with E-state index in [0.29, 0.717) is 25.8 Å². The SMILES string of the molecule is CC(C)(C)OC(=O)N1C2CCC1C1COc3nc(-c4cc(N)cc(Cl)c4C(F)(F)F)c(F)c4nc(OC[C@@]56CCCN5C[C@H](F)C6)nc(c34)N1C2. The minimum atomic E-state index is -4.99. The second-order valence-electron chi connectivity index (χ2n) is 15.1. The lowest BCUT2D eigenvalue weighted by atomic mass is 9.95. The number of nitrogen functional groups attached to an aromatic ring is 1. The minimum Gasteiger partial charge on any atom is -0.475 e. The summed E-state index contributed by atoms with van der Waals surface area (Å²) in [5, 5.41) is -0.679. The molecular formula is C34H37ClF5N7O4. The smallest absolute Gasteiger partial charge is 0.418 e. The lowest BCUT2D eigenvalue weighted by Crippen LogP contribution is -2.63. The molecular weight excluding hydrogens is 701 g/mol. The van der Waals surface area contributed by atoms with Gasteiger partial charge in [-0.25, -0.2) is 18.6 Å². The molecule has 1 aromatic carbocycles. The van der Waals surface area contributed by atoms with Gasteiger partial charge in [0.25, 0.3) is 0 Å². The summed E-state index contributed by atoms with van der Waals surface area (Å²) in [6.07, 6.45) is -3.36. The highest BCUT2D eigenvalue weighted by molar-refractivity contribution is 6.32. The highest BCUT2D eigenvalue weighted by atomic mass is 35.5. The second-order valence-corrected chi connectivity index (χ2v) is 15.5. The third-order valence-corrected chi connectivity index (χ3v) is 11.0. The molecule has 0 spiro atoms. The molecule has 0 aliphatic carbocycles. The molecule has 8 rings (SSSR count). The minimum absolute atomic E-state index is 0.0332. The van der Waals surface area contributed by atoms with Crippen LogP contribution in [-0.2, 0) is 10.9 Å². The van der Waals surface area contributed by atoms with Crippen molar-refractivity contribution >= 4 is 40.1 Å². The fourth-order valence-corrected chi connectivity index (χ4v) is 8.99. The van der Waals surface area contributed by atoms with Crippen LogP contribution in [-0.4, -0.2) is 99.1 Å². The van der Waals surface area contributed by atoms with Crippen LogP contribution >= 0.6 is 11.6 Å². The van der Waals surface area contributed by atoms with Gasteiger partial charge in [0.1, 0.15) is 47.4 Å². The molecule has 4 saturated heterocycles. The summed E-state index contributed by atoms with van der Waals surface area (Å²) in [7, 11) is 0. The van der Waals surface area contributed by atoms with E-state index in [1.54, 1.807) is 25.7 Å². The number of nitrogens with zero attached hydrogens (tertiary/aromatic N) is 6. The largest absolute Gasteiger partial charge is 0.475 e. The Balaban J connectivity index is 1.27. The van der Waals surface area contributed by atoms with Gasteiger partial charge < -0.3 is 24.8 Å². The molecule has 274 valence electrons. The Morgan fingerprint density at radius 2 is 1.92 bits per heavy atom. The number of nitrogens with two attached hydrogens (primary N) is 1. The fourth-order valence-electron chi connectivity index (χ4n) is 8.66. The second kappa shape index (κ2) is 11.8. The summed E-state index contributed by atoms with van der Waals surface area (Å²) >= 11 is 6.05. The number of pyridine rings is 1. The van der Waals surface area contributed by atoms with Crippen molar-refractivity contribution in [2.24, 2.45) is 0 Å². The van der Waals surface area contributed by atoms with Crippen molar-refractivity contribution in [2.75, 3.05) is 43.5 Å². The number of halogens is 6. The van der Waals surface area contributed by atoms with Crippen LogP contribution in [0, 0.1) is 5.82 Å². The molecule has 2 bridgehead atoms. The van der Waals surface area contributed by atoms with Crippen LogP contribution < -0.4 is 20.1 Å². The Bertz CT molecular complexity index is 1930. The molecule has 5 aliphatic rings. The van der Waals surface area contributed by atoms with E-state index in [1.165, 1.54) is 0 Å². The van der Waals surface area contributed by atoms with E-state index < -0.39 is 63.3 Å². The van der Waals surface area contributed by atoms with E-state index >= 15 is 4.39 Å². The molecule has 11 nitrogen and oxygen atoms in total. The number of carbonyl (C=O) groups is 1. The number of anilines is 2. The summed E-state index contributed by atoms with van der Waals surface area (Å²) in [5.41, 5.74) is 1.36. The number of rotatable bonds is 4. The molecule has 2 aromatic heterocycles. The number of benzene rings is 1. The van der Waals surface area contributed by atoms with Crippen LogP contribution in [0.4, 0.5) is 38.3 Å². The molecule has 51 heavy (non-hydrogen) atoms. The number of amides is 1. The van der Waals surface area contributed by atoms with Crippen LogP contribution in [0.2, 0.25) is 5.02 Å². The molecule has 17 heteroatoms. The summed E-state index contributed by atoms with van der Waals surface area (Å²) in [5.74, 6) is -1.17. The molecule has 3 unspecified atom stereocenters. The van der Waals surface area contributed by atoms with Gasteiger partial charge in [0.2, 0.25) is 5.88 Å². The topological polar surface area (TPSA) is 119 Å². The maximum atomic E-state index is 16.9. The third kappa shape index (κ3) is 5.72. The number of fused-ring (bicyclic) bond motifs is 6. The van der Waals surface area contributed by atoms with Gasteiger partial charge >= 0.3 is 18.3 Å². The third-order valence-electron chi connectivity index (χ3n) is 10.7. The number of hydrogen-bond donors (Lipinski definition) is 1. The molecule has 0 radical (unpaired) electrons. The number of aromatic nitrogens is 3. The Morgan fingerprint density at radius 3 is 2.67 bits per heavy atom. The summed E-state index contributed by atoms with van der Waals surface area (Å²) in [6.45, 7) is 6.61. The first-order valence-corrected chi connectivity index (χ1v) is 17.4. The molecule has 3 aromatic rings. The van der Waals surface area contributed by atoms with Crippen molar-refractivity contribution < 1.29 is 41.0 Å². The van der Waals surface area contributed by atoms with Gasteiger partial charge in [0.05, 0.1) is 34.3 Å². The standard InChI is InChI=1S/C34H37ClF5N7O4/c1-32(2,3)51-31(48)47-18-5-6-21(47)22-14-49-29-23-27(25(37)26(42-29)19-9-17(41)10-20(35)24(19)34(38,39)40)43-30(44-28(23)46(22)13-18)50-15-33-7-4-8-45(33)12-16(36)11-33/h9-10,16,18,21-22H,4-8,11-15,41H2,1-3H3/t16-,18?,21?,22?,33+/m1/s1. The fraction of sp³-hybridized carbons (Fsp3) is 0.588. The average Bonchev–Trinajstić information content (AvgIpc) is 3.63. The first-order chi connectivity index (χ1) is 24.0. The lowest BCUT2D eigenvalue weighted by molar-refractivity contribution is -0.137. The molecule has 5 atom stereocenters. The predicted molar refractivity (Wildman–Crippen MR) is 177 cm³/mol. The lowest BCUT2D eigenvalue weighted by Gasteiger charge is -2.46. The van der Waals surface area contributed by atoms with Crippen LogP contribution in [0.3, 0.4) is 0 Å². The molecule has 4 fully saturated rings. The van der Waals surface area contributed by atoms with Gasteiger partial charge in [-0.2, -0.15) is 23.1 Å². The number of alkyl halides is 4. The van der Waals surface area contributed by atoms with Crippen molar-refractivity contribution in [1.82, 2.24) is 24.8 Å². The van der Waals surface area contributed by atoms with Crippen molar-refractivity contribution in [1.29, 1.82) is 0 Å². The summed E-state index contributed by atoms with van der Waals surface area (Å²) < 4.78 is 92.8. The van der Waals surface area contributed by atoms with Crippen molar-refractivity contribution in [3.63, 3.8) is 0 Å². The van der Waals surface area contributed by atoms with E-state index in [-0.39, 0.29) is 79.1 Å². The zero-order valence-electron chi connectivity index (χ0n) is 28.2. The highest BCUT2D eigenvalue weighted by Crippen LogP contribution is 2.48. The average molecular weight is 738 g/mol. The highest BCUT2D eigenvalue weighted by Gasteiger charge is 2.53. The maximum Gasteiger partial charge on any atom is 0.418 e. The Kier molecular flexibility index (Phi) is 7.91. The quantitative estimate of drug-likeness (QED) is 0.238. The van der Waals surface area contributed by atoms with Crippen molar-refractivity contribution in [2.45, 2.75) is 94.5 Å². The van der Waals surface area contributed by atoms with Crippen molar-refractivity contribution in [3.05, 3.63) is 28.5 Å². The molecule has 5 aliphatic heterocycles. The maximum absolute atomic E-state index is 16.9. The van der Waals surface area contributed by atoms with Gasteiger partial charge in [-0.3, -0.25) is 9.80 Å². The van der Waals surface area contributed by atoms with Gasteiger partial charge in [0, 0.05) is 30.8 Å². The number of carbonyl (C=O) groups excluding carboxylic acids is 1.